The molecule has 3 rings (SSSR count). The Hall–Kier alpha value is -0.490. The highest BCUT2D eigenvalue weighted by molar-refractivity contribution is 8.17. The van der Waals surface area contributed by atoms with Crippen LogP contribution in [0, 0.1) is 11.8 Å². The summed E-state index contributed by atoms with van der Waals surface area (Å²) in [7, 11) is 0. The number of thioether (sulfide) groups is 2. The first-order valence-electron chi connectivity index (χ1n) is 7.81. The number of carbonyl (C=O) groups excluding carboxylic acids is 1. The second-order valence-corrected chi connectivity index (χ2v) is 8.61. The third-order valence-electron chi connectivity index (χ3n) is 4.37. The standard InChI is InChI=1S/C17H22O3S2/c18-14-7-9-21-17-15(14)16(19)13(11-22-17)6-8-20-10-12-4-2-1-3-5-12/h1-5,13,15-17,19H,6-11H2/t13?,15-,16+,17+/m0/s1. The lowest BCUT2D eigenvalue weighted by molar-refractivity contribution is -0.127. The molecule has 0 spiro atoms. The van der Waals surface area contributed by atoms with Crippen molar-refractivity contribution < 1.29 is 14.6 Å². The van der Waals surface area contributed by atoms with E-state index < -0.39 is 6.10 Å². The van der Waals surface area contributed by atoms with E-state index in [9.17, 15) is 9.90 Å². The van der Waals surface area contributed by atoms with Gasteiger partial charge in [-0.15, -0.1) is 23.5 Å². The molecule has 0 amide bonds. The molecule has 0 aromatic heterocycles. The number of ketones is 1. The summed E-state index contributed by atoms with van der Waals surface area (Å²) in [5, 5.41) is 10.5. The third kappa shape index (κ3) is 3.88. The predicted octanol–water partition coefficient (Wildman–Crippen LogP) is 2.97. The first-order valence-corrected chi connectivity index (χ1v) is 9.91. The minimum atomic E-state index is -0.494. The SMILES string of the molecule is O=C1CCS[C@@H]2SCC(CCOCc3ccccc3)[C@@H](O)[C@H]12. The van der Waals surface area contributed by atoms with Crippen molar-refractivity contribution >= 4 is 29.3 Å². The van der Waals surface area contributed by atoms with Crippen molar-refractivity contribution in [1.29, 1.82) is 0 Å². The number of carbonyl (C=O) groups is 1. The van der Waals surface area contributed by atoms with Crippen molar-refractivity contribution in [3.63, 3.8) is 0 Å². The second kappa shape index (κ2) is 7.86. The summed E-state index contributed by atoms with van der Waals surface area (Å²) < 4.78 is 5.98. The number of hydrogen-bond acceptors (Lipinski definition) is 5. The van der Waals surface area contributed by atoms with Crippen molar-refractivity contribution in [2.24, 2.45) is 11.8 Å². The van der Waals surface area contributed by atoms with Crippen LogP contribution in [0.5, 0.6) is 0 Å². The van der Waals surface area contributed by atoms with Gasteiger partial charge in [0.2, 0.25) is 0 Å². The molecule has 2 aliphatic heterocycles. The molecule has 0 aliphatic carbocycles. The molecule has 1 N–H and O–H groups in total. The summed E-state index contributed by atoms with van der Waals surface area (Å²) in [6.07, 6.45) is 0.940. The topological polar surface area (TPSA) is 46.5 Å². The lowest BCUT2D eigenvalue weighted by Crippen LogP contribution is -2.47. The highest BCUT2D eigenvalue weighted by Crippen LogP contribution is 2.45. The molecule has 1 aromatic carbocycles. The van der Waals surface area contributed by atoms with Gasteiger partial charge in [-0.05, 0) is 23.7 Å². The average molecular weight is 338 g/mol. The number of Topliss-reactive ketones (excluding diaryl/α,β-unsaturated/α-hetero) is 1. The van der Waals surface area contributed by atoms with Crippen molar-refractivity contribution in [3.05, 3.63) is 35.9 Å². The zero-order valence-electron chi connectivity index (χ0n) is 12.5. The van der Waals surface area contributed by atoms with Crippen molar-refractivity contribution in [2.75, 3.05) is 18.1 Å². The van der Waals surface area contributed by atoms with Gasteiger partial charge in [-0.25, -0.2) is 0 Å². The van der Waals surface area contributed by atoms with E-state index in [4.69, 9.17) is 4.74 Å². The van der Waals surface area contributed by atoms with E-state index in [1.807, 2.05) is 53.9 Å². The van der Waals surface area contributed by atoms with E-state index in [2.05, 4.69) is 0 Å². The van der Waals surface area contributed by atoms with E-state index in [1.54, 1.807) is 0 Å². The van der Waals surface area contributed by atoms with Gasteiger partial charge >= 0.3 is 0 Å². The fraction of sp³-hybridized carbons (Fsp3) is 0.588. The summed E-state index contributed by atoms with van der Waals surface area (Å²) in [6, 6.07) is 10.1. The van der Waals surface area contributed by atoms with E-state index in [-0.39, 0.29) is 22.2 Å². The number of hydrogen-bond donors (Lipinski definition) is 1. The third-order valence-corrected chi connectivity index (χ3v) is 7.49. The normalized spacial score (nSPS) is 31.8. The molecule has 0 radical (unpaired) electrons. The molecule has 1 unspecified atom stereocenters. The Balaban J connectivity index is 1.45. The Labute approximate surface area is 140 Å². The molecule has 120 valence electrons. The van der Waals surface area contributed by atoms with E-state index in [0.29, 0.717) is 19.6 Å². The van der Waals surface area contributed by atoms with E-state index in [1.165, 1.54) is 5.56 Å². The maximum atomic E-state index is 12.1. The molecule has 22 heavy (non-hydrogen) atoms. The summed E-state index contributed by atoms with van der Waals surface area (Å²) in [6.45, 7) is 1.24. The Morgan fingerprint density at radius 1 is 1.23 bits per heavy atom. The molecule has 2 saturated heterocycles. The first-order chi connectivity index (χ1) is 10.8. The molecule has 2 heterocycles. The Kier molecular flexibility index (Phi) is 5.85. The van der Waals surface area contributed by atoms with Crippen LogP contribution in [0.2, 0.25) is 0 Å². The number of ether oxygens (including phenoxy) is 1. The number of fused-ring (bicyclic) bond motifs is 1. The summed E-state index contributed by atoms with van der Waals surface area (Å²) in [5.41, 5.74) is 1.17. The van der Waals surface area contributed by atoms with E-state index in [0.717, 1.165) is 17.9 Å². The molecule has 1 aromatic rings. The minimum absolute atomic E-state index is 0.170. The lowest BCUT2D eigenvalue weighted by Gasteiger charge is -2.41. The number of aliphatic hydroxyl groups excluding tert-OH is 1. The lowest BCUT2D eigenvalue weighted by atomic mass is 9.86. The number of aliphatic hydroxyl groups is 1. The Morgan fingerprint density at radius 3 is 2.86 bits per heavy atom. The fourth-order valence-electron chi connectivity index (χ4n) is 3.06. The van der Waals surface area contributed by atoms with Gasteiger partial charge in [0.1, 0.15) is 5.78 Å². The van der Waals surface area contributed by atoms with Gasteiger partial charge in [0.05, 0.1) is 23.2 Å². The highest BCUT2D eigenvalue weighted by atomic mass is 32.2. The van der Waals surface area contributed by atoms with Crippen molar-refractivity contribution in [1.82, 2.24) is 0 Å². The molecule has 5 heteroatoms. The monoisotopic (exact) mass is 338 g/mol. The van der Waals surface area contributed by atoms with Crippen LogP contribution in [-0.2, 0) is 16.1 Å². The van der Waals surface area contributed by atoms with Gasteiger partial charge in [0, 0.05) is 18.8 Å². The zero-order chi connectivity index (χ0) is 15.4. The van der Waals surface area contributed by atoms with Gasteiger partial charge in [0.15, 0.2) is 0 Å². The summed E-state index contributed by atoms with van der Waals surface area (Å²) >= 11 is 3.68. The van der Waals surface area contributed by atoms with Gasteiger partial charge in [-0.3, -0.25) is 4.79 Å². The van der Waals surface area contributed by atoms with E-state index >= 15 is 0 Å². The predicted molar refractivity (Wildman–Crippen MR) is 92.0 cm³/mol. The minimum Gasteiger partial charge on any atom is -0.392 e. The Bertz CT molecular complexity index is 494. The largest absolute Gasteiger partial charge is 0.392 e. The fourth-order valence-corrected chi connectivity index (χ4v) is 6.37. The van der Waals surface area contributed by atoms with Crippen LogP contribution >= 0.6 is 23.5 Å². The molecular weight excluding hydrogens is 316 g/mol. The molecule has 3 nitrogen and oxygen atoms in total. The van der Waals surface area contributed by atoms with Crippen molar-refractivity contribution in [2.45, 2.75) is 30.1 Å². The van der Waals surface area contributed by atoms with Crippen LogP contribution in [-0.4, -0.2) is 39.7 Å². The molecule has 0 bridgehead atoms. The maximum absolute atomic E-state index is 12.1. The maximum Gasteiger partial charge on any atom is 0.141 e. The summed E-state index contributed by atoms with van der Waals surface area (Å²) in [5.74, 6) is 2.09. The second-order valence-electron chi connectivity index (χ2n) is 5.89. The van der Waals surface area contributed by atoms with Crippen molar-refractivity contribution in [3.8, 4) is 0 Å². The van der Waals surface area contributed by atoms with Crippen LogP contribution in [0.3, 0.4) is 0 Å². The van der Waals surface area contributed by atoms with Crippen LogP contribution in [0.25, 0.3) is 0 Å². The molecule has 0 saturated carbocycles. The van der Waals surface area contributed by atoms with Gasteiger partial charge in [-0.1, -0.05) is 30.3 Å². The number of rotatable bonds is 5. The molecule has 4 atom stereocenters. The molecular formula is C17H22O3S2. The van der Waals surface area contributed by atoms with Gasteiger partial charge in [-0.2, -0.15) is 0 Å². The van der Waals surface area contributed by atoms with Crippen LogP contribution < -0.4 is 0 Å². The van der Waals surface area contributed by atoms with Crippen LogP contribution in [0.4, 0.5) is 0 Å². The molecule has 2 aliphatic rings. The number of benzene rings is 1. The Morgan fingerprint density at radius 2 is 2.05 bits per heavy atom. The highest BCUT2D eigenvalue weighted by Gasteiger charge is 2.44. The zero-order valence-corrected chi connectivity index (χ0v) is 14.2. The van der Waals surface area contributed by atoms with Crippen LogP contribution in [0.1, 0.15) is 18.4 Å². The molecule has 2 fully saturated rings. The smallest absolute Gasteiger partial charge is 0.141 e. The summed E-state index contributed by atoms with van der Waals surface area (Å²) in [4.78, 5) is 12.1. The van der Waals surface area contributed by atoms with Gasteiger partial charge in [0.25, 0.3) is 0 Å². The van der Waals surface area contributed by atoms with Crippen LogP contribution in [0.15, 0.2) is 30.3 Å². The quantitative estimate of drug-likeness (QED) is 0.837. The van der Waals surface area contributed by atoms with Gasteiger partial charge < -0.3 is 9.84 Å². The average Bonchev–Trinajstić information content (AvgIpc) is 2.54. The first kappa shape index (κ1) is 16.4.